The lowest BCUT2D eigenvalue weighted by Crippen LogP contribution is -2.35. The minimum Gasteiger partial charge on any atom is -0.477 e. The van der Waals surface area contributed by atoms with E-state index in [9.17, 15) is 13.2 Å². The highest BCUT2D eigenvalue weighted by atomic mass is 79.9. The number of nitrogens with one attached hydrogen (secondary N) is 1. The average molecular weight is 369 g/mol. The number of ether oxygens (including phenoxy) is 1. The Labute approximate surface area is 131 Å². The predicted octanol–water partition coefficient (Wildman–Crippen LogP) is 4.45. The number of hydrogen-bond donors (Lipinski definition) is 1. The summed E-state index contributed by atoms with van der Waals surface area (Å²) in [4.78, 5) is 4.12. The lowest BCUT2D eigenvalue weighted by molar-refractivity contribution is -0.136. The summed E-state index contributed by atoms with van der Waals surface area (Å²) in [6.45, 7) is 6.62. The first-order valence-corrected chi connectivity index (χ1v) is 7.45. The van der Waals surface area contributed by atoms with Gasteiger partial charge in [0.1, 0.15) is 0 Å². The van der Waals surface area contributed by atoms with Crippen molar-refractivity contribution in [3.8, 4) is 5.88 Å². The van der Waals surface area contributed by atoms with Gasteiger partial charge in [0, 0.05) is 34.7 Å². The van der Waals surface area contributed by atoms with E-state index in [0.29, 0.717) is 12.4 Å². The zero-order valence-electron chi connectivity index (χ0n) is 12.4. The van der Waals surface area contributed by atoms with Crippen LogP contribution in [0.3, 0.4) is 0 Å². The van der Waals surface area contributed by atoms with Gasteiger partial charge in [-0.1, -0.05) is 0 Å². The van der Waals surface area contributed by atoms with Crippen molar-refractivity contribution >= 4 is 15.9 Å². The molecule has 0 bridgehead atoms. The van der Waals surface area contributed by atoms with Gasteiger partial charge in [-0.05, 0) is 49.2 Å². The summed E-state index contributed by atoms with van der Waals surface area (Å²) in [5, 5.41) is 3.30. The molecule has 0 radical (unpaired) electrons. The van der Waals surface area contributed by atoms with Crippen LogP contribution in [-0.4, -0.2) is 23.3 Å². The van der Waals surface area contributed by atoms with Crippen LogP contribution in [0.1, 0.15) is 39.2 Å². The second-order valence-corrected chi connectivity index (χ2v) is 6.70. The Balaban J connectivity index is 2.60. The van der Waals surface area contributed by atoms with Crippen molar-refractivity contribution in [2.45, 2.75) is 51.9 Å². The summed E-state index contributed by atoms with van der Waals surface area (Å²) >= 11 is 3.33. The Hall–Kier alpha value is -0.820. The molecule has 120 valence electrons. The van der Waals surface area contributed by atoms with Crippen LogP contribution in [0, 0.1) is 0 Å². The number of alkyl halides is 3. The zero-order chi connectivity index (χ0) is 16.1. The van der Waals surface area contributed by atoms with Crippen LogP contribution >= 0.6 is 15.9 Å². The van der Waals surface area contributed by atoms with Gasteiger partial charge in [0.05, 0.1) is 6.61 Å². The number of nitrogens with zero attached hydrogens (tertiary/aromatic N) is 1. The highest BCUT2D eigenvalue weighted by Crippen LogP contribution is 2.23. The highest BCUT2D eigenvalue weighted by Gasteiger charge is 2.26. The Morgan fingerprint density at radius 2 is 1.95 bits per heavy atom. The normalized spacial score (nSPS) is 12.5. The fourth-order valence-electron chi connectivity index (χ4n) is 1.53. The van der Waals surface area contributed by atoms with Crippen LogP contribution in [0.15, 0.2) is 16.7 Å². The monoisotopic (exact) mass is 368 g/mol. The van der Waals surface area contributed by atoms with Crippen molar-refractivity contribution in [2.75, 3.05) is 6.61 Å². The molecule has 0 aliphatic rings. The van der Waals surface area contributed by atoms with Crippen LogP contribution < -0.4 is 10.1 Å². The molecule has 0 saturated heterocycles. The molecule has 0 saturated carbocycles. The van der Waals surface area contributed by atoms with Crippen molar-refractivity contribution in [1.29, 1.82) is 0 Å². The van der Waals surface area contributed by atoms with Crippen molar-refractivity contribution in [2.24, 2.45) is 0 Å². The Morgan fingerprint density at radius 1 is 1.29 bits per heavy atom. The van der Waals surface area contributed by atoms with Crippen LogP contribution in [0.5, 0.6) is 5.88 Å². The summed E-state index contributed by atoms with van der Waals surface area (Å²) in [6.07, 6.45) is -3.50. The minimum atomic E-state index is -4.15. The van der Waals surface area contributed by atoms with Crippen LogP contribution in [0.4, 0.5) is 13.2 Å². The third-order valence-corrected chi connectivity index (χ3v) is 2.98. The van der Waals surface area contributed by atoms with Gasteiger partial charge in [0.15, 0.2) is 0 Å². The molecule has 1 N–H and O–H groups in total. The fourth-order valence-corrected chi connectivity index (χ4v) is 1.91. The van der Waals surface area contributed by atoms with Crippen molar-refractivity contribution in [3.63, 3.8) is 0 Å². The van der Waals surface area contributed by atoms with E-state index >= 15 is 0 Å². The molecular formula is C14H20BrF3N2O. The lowest BCUT2D eigenvalue weighted by Gasteiger charge is -2.21. The molecule has 0 atom stereocenters. The molecule has 0 spiro atoms. The van der Waals surface area contributed by atoms with E-state index in [1.54, 1.807) is 6.20 Å². The van der Waals surface area contributed by atoms with Gasteiger partial charge in [-0.15, -0.1) is 0 Å². The van der Waals surface area contributed by atoms with Gasteiger partial charge in [-0.3, -0.25) is 0 Å². The molecule has 1 aromatic heterocycles. The van der Waals surface area contributed by atoms with E-state index in [0.717, 1.165) is 10.0 Å². The molecule has 0 amide bonds. The van der Waals surface area contributed by atoms with Crippen LogP contribution in [0.2, 0.25) is 0 Å². The molecule has 21 heavy (non-hydrogen) atoms. The van der Waals surface area contributed by atoms with Crippen LogP contribution in [-0.2, 0) is 6.54 Å². The van der Waals surface area contributed by atoms with E-state index < -0.39 is 12.6 Å². The van der Waals surface area contributed by atoms with E-state index in [2.05, 4.69) is 26.2 Å². The molecule has 0 aliphatic heterocycles. The minimum absolute atomic E-state index is 0.00331. The third-order valence-electron chi connectivity index (χ3n) is 2.54. The number of pyridine rings is 1. The fraction of sp³-hybridized carbons (Fsp3) is 0.643. The van der Waals surface area contributed by atoms with Crippen molar-refractivity contribution < 1.29 is 17.9 Å². The van der Waals surface area contributed by atoms with Gasteiger partial charge in [-0.25, -0.2) is 4.98 Å². The standard InChI is InChI=1S/C14H20BrF3N2O/c1-13(2,3)20-8-10-7-11(15)9-19-12(10)21-6-4-5-14(16,17)18/h7,9,20H,4-6,8H2,1-3H3. The molecule has 1 rings (SSSR count). The molecule has 1 aromatic rings. The number of hydrogen-bond acceptors (Lipinski definition) is 3. The molecule has 7 heteroatoms. The van der Waals surface area contributed by atoms with Gasteiger partial charge >= 0.3 is 6.18 Å². The molecule has 0 aliphatic carbocycles. The Bertz CT molecular complexity index is 459. The second kappa shape index (κ2) is 7.45. The SMILES string of the molecule is CC(C)(C)NCc1cc(Br)cnc1OCCCC(F)(F)F. The van der Waals surface area contributed by atoms with E-state index in [1.807, 2.05) is 26.8 Å². The maximum absolute atomic E-state index is 12.1. The number of halogens is 4. The lowest BCUT2D eigenvalue weighted by atomic mass is 10.1. The zero-order valence-corrected chi connectivity index (χ0v) is 13.9. The molecule has 3 nitrogen and oxygen atoms in total. The van der Waals surface area contributed by atoms with Crippen LogP contribution in [0.25, 0.3) is 0 Å². The number of rotatable bonds is 6. The number of aromatic nitrogens is 1. The maximum Gasteiger partial charge on any atom is 0.389 e. The second-order valence-electron chi connectivity index (χ2n) is 5.79. The summed E-state index contributed by atoms with van der Waals surface area (Å²) in [6, 6.07) is 1.85. The third kappa shape index (κ3) is 8.26. The molecular weight excluding hydrogens is 349 g/mol. The van der Waals surface area contributed by atoms with E-state index in [-0.39, 0.29) is 18.6 Å². The quantitative estimate of drug-likeness (QED) is 0.753. The Morgan fingerprint density at radius 3 is 2.52 bits per heavy atom. The summed E-state index contributed by atoms with van der Waals surface area (Å²) in [7, 11) is 0. The maximum atomic E-state index is 12.1. The average Bonchev–Trinajstić information content (AvgIpc) is 2.31. The molecule has 0 unspecified atom stereocenters. The predicted molar refractivity (Wildman–Crippen MR) is 79.3 cm³/mol. The first kappa shape index (κ1) is 18.2. The molecule has 0 fully saturated rings. The molecule has 1 heterocycles. The summed E-state index contributed by atoms with van der Waals surface area (Å²) in [5.41, 5.74) is 0.738. The van der Waals surface area contributed by atoms with Gasteiger partial charge < -0.3 is 10.1 Å². The highest BCUT2D eigenvalue weighted by molar-refractivity contribution is 9.10. The van der Waals surface area contributed by atoms with E-state index in [4.69, 9.17) is 4.74 Å². The van der Waals surface area contributed by atoms with E-state index in [1.165, 1.54) is 0 Å². The summed E-state index contributed by atoms with van der Waals surface area (Å²) in [5.74, 6) is 0.372. The topological polar surface area (TPSA) is 34.2 Å². The Kier molecular flexibility index (Phi) is 6.46. The van der Waals surface area contributed by atoms with Gasteiger partial charge in [0.2, 0.25) is 5.88 Å². The first-order valence-electron chi connectivity index (χ1n) is 6.66. The van der Waals surface area contributed by atoms with Gasteiger partial charge in [-0.2, -0.15) is 13.2 Å². The van der Waals surface area contributed by atoms with Crippen molar-refractivity contribution in [1.82, 2.24) is 10.3 Å². The largest absolute Gasteiger partial charge is 0.477 e. The molecule has 0 aromatic carbocycles. The smallest absolute Gasteiger partial charge is 0.389 e. The van der Waals surface area contributed by atoms with Gasteiger partial charge in [0.25, 0.3) is 0 Å². The first-order chi connectivity index (χ1) is 9.57. The van der Waals surface area contributed by atoms with Crippen molar-refractivity contribution in [3.05, 3.63) is 22.3 Å². The summed E-state index contributed by atoms with van der Waals surface area (Å²) < 4.78 is 42.4.